The van der Waals surface area contributed by atoms with Crippen molar-refractivity contribution >= 4 is 12.4 Å². The molecule has 1 nitrogen and oxygen atoms in total. The minimum absolute atomic E-state index is 0.0381. The maximum atomic E-state index is 11.3. The molecular formula is C15H18O. The molecule has 0 radical (unpaired) electrons. The van der Waals surface area contributed by atoms with Crippen LogP contribution in [0.1, 0.15) is 37.3 Å². The SMILES string of the molecule is CCC(C)[C@@H]1C=Cc2ccccc2[C@H]1C=O. The third kappa shape index (κ3) is 1.82. The zero-order valence-electron chi connectivity index (χ0n) is 9.89. The number of fused-ring (bicyclic) bond motifs is 1. The zero-order chi connectivity index (χ0) is 11.5. The van der Waals surface area contributed by atoms with Crippen LogP contribution in [0.2, 0.25) is 0 Å². The highest BCUT2D eigenvalue weighted by Crippen LogP contribution is 2.37. The highest BCUT2D eigenvalue weighted by atomic mass is 16.1. The average Bonchev–Trinajstić information content (AvgIpc) is 2.36. The molecule has 0 aromatic heterocycles. The summed E-state index contributed by atoms with van der Waals surface area (Å²) < 4.78 is 0. The Balaban J connectivity index is 2.40. The first-order valence-corrected chi connectivity index (χ1v) is 6.00. The van der Waals surface area contributed by atoms with Gasteiger partial charge in [0, 0.05) is 5.92 Å². The van der Waals surface area contributed by atoms with Crippen molar-refractivity contribution in [3.8, 4) is 0 Å². The molecule has 2 rings (SSSR count). The normalized spacial score (nSPS) is 24.9. The standard InChI is InChI=1S/C15H18O/c1-3-11(2)13-9-8-12-6-4-5-7-14(12)15(13)10-16/h4-11,13,15H,3H2,1-2H3/t11?,13-,15-/m0/s1. The van der Waals surface area contributed by atoms with Crippen LogP contribution >= 0.6 is 0 Å². The fraction of sp³-hybridized carbons (Fsp3) is 0.400. The van der Waals surface area contributed by atoms with Gasteiger partial charge in [-0.2, -0.15) is 0 Å². The Kier molecular flexibility index (Phi) is 3.23. The van der Waals surface area contributed by atoms with Gasteiger partial charge >= 0.3 is 0 Å². The van der Waals surface area contributed by atoms with E-state index in [0.717, 1.165) is 12.7 Å². The van der Waals surface area contributed by atoms with Crippen LogP contribution in [0.5, 0.6) is 0 Å². The molecule has 16 heavy (non-hydrogen) atoms. The van der Waals surface area contributed by atoms with Gasteiger partial charge in [-0.05, 0) is 23.0 Å². The topological polar surface area (TPSA) is 17.1 Å². The summed E-state index contributed by atoms with van der Waals surface area (Å²) in [6.07, 6.45) is 6.59. The molecule has 1 unspecified atom stereocenters. The number of hydrogen-bond acceptors (Lipinski definition) is 1. The van der Waals surface area contributed by atoms with E-state index in [4.69, 9.17) is 0 Å². The number of allylic oxidation sites excluding steroid dienone is 1. The van der Waals surface area contributed by atoms with Crippen molar-refractivity contribution in [2.45, 2.75) is 26.2 Å². The van der Waals surface area contributed by atoms with Crippen molar-refractivity contribution in [1.82, 2.24) is 0 Å². The van der Waals surface area contributed by atoms with Crippen molar-refractivity contribution in [3.05, 3.63) is 41.5 Å². The smallest absolute Gasteiger partial charge is 0.128 e. The lowest BCUT2D eigenvalue weighted by atomic mass is 9.74. The van der Waals surface area contributed by atoms with E-state index < -0.39 is 0 Å². The maximum absolute atomic E-state index is 11.3. The van der Waals surface area contributed by atoms with Crippen LogP contribution < -0.4 is 0 Å². The molecule has 0 aliphatic heterocycles. The lowest BCUT2D eigenvalue weighted by Gasteiger charge is -2.29. The van der Waals surface area contributed by atoms with Crippen LogP contribution in [0.25, 0.3) is 6.08 Å². The molecule has 0 heterocycles. The molecular weight excluding hydrogens is 196 g/mol. The van der Waals surface area contributed by atoms with Crippen LogP contribution in [-0.2, 0) is 4.79 Å². The minimum Gasteiger partial charge on any atom is -0.303 e. The van der Waals surface area contributed by atoms with Gasteiger partial charge in [0.15, 0.2) is 0 Å². The summed E-state index contributed by atoms with van der Waals surface area (Å²) >= 11 is 0. The fourth-order valence-corrected chi connectivity index (χ4v) is 2.49. The van der Waals surface area contributed by atoms with E-state index in [0.29, 0.717) is 11.8 Å². The molecule has 0 saturated heterocycles. The second kappa shape index (κ2) is 4.65. The molecule has 0 bridgehead atoms. The molecule has 0 N–H and O–H groups in total. The molecule has 1 aliphatic rings. The Morgan fingerprint density at radius 1 is 1.38 bits per heavy atom. The van der Waals surface area contributed by atoms with Gasteiger partial charge in [0.2, 0.25) is 0 Å². The first kappa shape index (κ1) is 11.1. The zero-order valence-corrected chi connectivity index (χ0v) is 9.89. The third-order valence-electron chi connectivity index (χ3n) is 3.72. The number of benzene rings is 1. The van der Waals surface area contributed by atoms with Crippen LogP contribution in [0.15, 0.2) is 30.3 Å². The van der Waals surface area contributed by atoms with E-state index in [2.05, 4.69) is 38.1 Å². The third-order valence-corrected chi connectivity index (χ3v) is 3.72. The number of rotatable bonds is 3. The number of hydrogen-bond donors (Lipinski definition) is 0. The number of carbonyl (C=O) groups excluding carboxylic acids is 1. The summed E-state index contributed by atoms with van der Waals surface area (Å²) in [5, 5.41) is 0. The fourth-order valence-electron chi connectivity index (χ4n) is 2.49. The van der Waals surface area contributed by atoms with Crippen LogP contribution in [0, 0.1) is 11.8 Å². The summed E-state index contributed by atoms with van der Waals surface area (Å²) in [7, 11) is 0. The minimum atomic E-state index is 0.0381. The van der Waals surface area contributed by atoms with E-state index in [1.807, 2.05) is 12.1 Å². The predicted octanol–water partition coefficient (Wildman–Crippen LogP) is 3.66. The molecule has 1 heteroatoms. The summed E-state index contributed by atoms with van der Waals surface area (Å²) in [6.45, 7) is 4.40. The lowest BCUT2D eigenvalue weighted by molar-refractivity contribution is -0.110. The first-order chi connectivity index (χ1) is 7.77. The van der Waals surface area contributed by atoms with Crippen molar-refractivity contribution in [2.75, 3.05) is 0 Å². The van der Waals surface area contributed by atoms with E-state index in [1.54, 1.807) is 0 Å². The largest absolute Gasteiger partial charge is 0.303 e. The van der Waals surface area contributed by atoms with Gasteiger partial charge in [-0.1, -0.05) is 56.7 Å². The Morgan fingerprint density at radius 2 is 2.12 bits per heavy atom. The van der Waals surface area contributed by atoms with Gasteiger partial charge < -0.3 is 4.79 Å². The molecule has 0 spiro atoms. The van der Waals surface area contributed by atoms with E-state index in [9.17, 15) is 4.79 Å². The molecule has 0 amide bonds. The predicted molar refractivity (Wildman–Crippen MR) is 67.2 cm³/mol. The van der Waals surface area contributed by atoms with Gasteiger partial charge in [0.1, 0.15) is 6.29 Å². The van der Waals surface area contributed by atoms with Crippen molar-refractivity contribution in [1.29, 1.82) is 0 Å². The van der Waals surface area contributed by atoms with E-state index in [-0.39, 0.29) is 5.92 Å². The molecule has 0 saturated carbocycles. The van der Waals surface area contributed by atoms with Gasteiger partial charge in [-0.3, -0.25) is 0 Å². The Hall–Kier alpha value is -1.37. The van der Waals surface area contributed by atoms with Crippen molar-refractivity contribution in [2.24, 2.45) is 11.8 Å². The Bertz CT molecular complexity index is 406. The van der Waals surface area contributed by atoms with Crippen LogP contribution in [0.4, 0.5) is 0 Å². The highest BCUT2D eigenvalue weighted by molar-refractivity contribution is 5.71. The Morgan fingerprint density at radius 3 is 2.81 bits per heavy atom. The van der Waals surface area contributed by atoms with Gasteiger partial charge in [-0.15, -0.1) is 0 Å². The van der Waals surface area contributed by atoms with Crippen LogP contribution in [0.3, 0.4) is 0 Å². The monoisotopic (exact) mass is 214 g/mol. The van der Waals surface area contributed by atoms with Gasteiger partial charge in [-0.25, -0.2) is 0 Å². The number of aldehydes is 1. The molecule has 1 aromatic carbocycles. The van der Waals surface area contributed by atoms with Gasteiger partial charge in [0.05, 0.1) is 0 Å². The highest BCUT2D eigenvalue weighted by Gasteiger charge is 2.28. The molecule has 1 aromatic rings. The summed E-state index contributed by atoms with van der Waals surface area (Å²) in [6, 6.07) is 8.19. The summed E-state index contributed by atoms with van der Waals surface area (Å²) in [5.41, 5.74) is 2.38. The maximum Gasteiger partial charge on any atom is 0.128 e. The average molecular weight is 214 g/mol. The molecule has 3 atom stereocenters. The molecule has 84 valence electrons. The second-order valence-electron chi connectivity index (χ2n) is 4.61. The van der Waals surface area contributed by atoms with Crippen molar-refractivity contribution < 1.29 is 4.79 Å². The first-order valence-electron chi connectivity index (χ1n) is 6.00. The quantitative estimate of drug-likeness (QED) is 0.702. The van der Waals surface area contributed by atoms with Crippen molar-refractivity contribution in [3.63, 3.8) is 0 Å². The summed E-state index contributed by atoms with van der Waals surface area (Å²) in [5.74, 6) is 0.952. The van der Waals surface area contributed by atoms with E-state index >= 15 is 0 Å². The number of carbonyl (C=O) groups is 1. The Labute approximate surface area is 97.2 Å². The summed E-state index contributed by atoms with van der Waals surface area (Å²) in [4.78, 5) is 11.3. The van der Waals surface area contributed by atoms with Gasteiger partial charge in [0.25, 0.3) is 0 Å². The second-order valence-corrected chi connectivity index (χ2v) is 4.61. The van der Waals surface area contributed by atoms with Crippen LogP contribution in [-0.4, -0.2) is 6.29 Å². The molecule has 1 aliphatic carbocycles. The lowest BCUT2D eigenvalue weighted by Crippen LogP contribution is -2.22. The van der Waals surface area contributed by atoms with E-state index in [1.165, 1.54) is 11.1 Å². The molecule has 0 fully saturated rings.